The van der Waals surface area contributed by atoms with Crippen LogP contribution in [0.2, 0.25) is 0 Å². The van der Waals surface area contributed by atoms with Gasteiger partial charge in [-0.05, 0) is 25.8 Å². The minimum absolute atomic E-state index is 0.0519. The Bertz CT molecular complexity index is 603. The van der Waals surface area contributed by atoms with Crippen LogP contribution in [0.4, 0.5) is 0 Å². The highest BCUT2D eigenvalue weighted by atomic mass is 16.5. The van der Waals surface area contributed by atoms with E-state index in [0.717, 1.165) is 44.5 Å². The van der Waals surface area contributed by atoms with Crippen LogP contribution in [-0.2, 0) is 9.59 Å². The van der Waals surface area contributed by atoms with Crippen LogP contribution in [0.25, 0.3) is 0 Å². The highest BCUT2D eigenvalue weighted by Gasteiger charge is 2.31. The molecule has 2 saturated heterocycles. The van der Waals surface area contributed by atoms with Gasteiger partial charge >= 0.3 is 0 Å². The predicted molar refractivity (Wildman–Crippen MR) is 92.0 cm³/mol. The lowest BCUT2D eigenvalue weighted by molar-refractivity contribution is -0.141. The average molecular weight is 346 g/mol. The number of ether oxygens (including phenoxy) is 1. The molecule has 0 saturated carbocycles. The molecule has 0 unspecified atom stereocenters. The number of piperidine rings is 2. The molecule has 2 aliphatic heterocycles. The second-order valence-corrected chi connectivity index (χ2v) is 6.94. The topological polar surface area (TPSA) is 75.6 Å². The third-order valence-electron chi connectivity index (χ3n) is 5.10. The molecule has 3 heterocycles. The highest BCUT2D eigenvalue weighted by molar-refractivity contribution is 5.79. The number of carbonyl (C=O) groups excluding carboxylic acids is 2. The fraction of sp³-hybridized carbons (Fsp3) is 0.667. The third kappa shape index (κ3) is 4.46. The van der Waals surface area contributed by atoms with Crippen LogP contribution < -0.4 is 4.74 Å². The van der Waals surface area contributed by atoms with E-state index < -0.39 is 0 Å². The summed E-state index contributed by atoms with van der Waals surface area (Å²) >= 11 is 0. The molecule has 0 bridgehead atoms. The van der Waals surface area contributed by atoms with Crippen molar-refractivity contribution in [3.05, 3.63) is 17.8 Å². The molecule has 2 aliphatic rings. The van der Waals surface area contributed by atoms with Crippen molar-refractivity contribution in [1.29, 1.82) is 0 Å². The summed E-state index contributed by atoms with van der Waals surface area (Å²) in [5, 5.41) is 8.04. The number of amides is 2. The Labute approximate surface area is 148 Å². The van der Waals surface area contributed by atoms with Crippen molar-refractivity contribution < 1.29 is 14.3 Å². The maximum Gasteiger partial charge on any atom is 0.233 e. The van der Waals surface area contributed by atoms with Crippen LogP contribution >= 0.6 is 0 Å². The van der Waals surface area contributed by atoms with E-state index in [4.69, 9.17) is 4.74 Å². The van der Waals surface area contributed by atoms with Gasteiger partial charge in [0.1, 0.15) is 6.10 Å². The molecular weight excluding hydrogens is 320 g/mol. The molecular formula is C18H26N4O3. The zero-order valence-electron chi connectivity index (χ0n) is 15.0. The summed E-state index contributed by atoms with van der Waals surface area (Å²) < 4.78 is 5.87. The lowest BCUT2D eigenvalue weighted by Crippen LogP contribution is -2.47. The first-order valence-electron chi connectivity index (χ1n) is 9.04. The lowest BCUT2D eigenvalue weighted by atomic mass is 9.94. The number of carbonyl (C=O) groups is 2. The molecule has 7 nitrogen and oxygen atoms in total. The van der Waals surface area contributed by atoms with Gasteiger partial charge in [0.05, 0.1) is 5.69 Å². The molecule has 0 aromatic carbocycles. The van der Waals surface area contributed by atoms with Crippen molar-refractivity contribution in [2.75, 3.05) is 26.2 Å². The number of aryl methyl sites for hydroxylation is 1. The van der Waals surface area contributed by atoms with Gasteiger partial charge in [0.15, 0.2) is 0 Å². The van der Waals surface area contributed by atoms with Crippen LogP contribution in [0, 0.1) is 12.8 Å². The van der Waals surface area contributed by atoms with Crippen molar-refractivity contribution >= 4 is 11.8 Å². The average Bonchev–Trinajstić information content (AvgIpc) is 2.64. The third-order valence-corrected chi connectivity index (χ3v) is 5.10. The molecule has 3 rings (SSSR count). The van der Waals surface area contributed by atoms with Gasteiger partial charge in [0.25, 0.3) is 0 Å². The quantitative estimate of drug-likeness (QED) is 0.827. The highest BCUT2D eigenvalue weighted by Crippen LogP contribution is 2.23. The largest absolute Gasteiger partial charge is 0.473 e. The summed E-state index contributed by atoms with van der Waals surface area (Å²) in [4.78, 5) is 27.9. The molecule has 0 aliphatic carbocycles. The van der Waals surface area contributed by atoms with E-state index in [0.29, 0.717) is 19.0 Å². The second kappa shape index (κ2) is 7.80. The van der Waals surface area contributed by atoms with Gasteiger partial charge in [-0.1, -0.05) is 0 Å². The molecule has 136 valence electrons. The first-order valence-corrected chi connectivity index (χ1v) is 9.04. The van der Waals surface area contributed by atoms with Crippen LogP contribution in [-0.4, -0.2) is 64.1 Å². The molecule has 0 atom stereocenters. The van der Waals surface area contributed by atoms with Gasteiger partial charge < -0.3 is 14.5 Å². The van der Waals surface area contributed by atoms with E-state index in [1.807, 2.05) is 28.9 Å². The van der Waals surface area contributed by atoms with Crippen molar-refractivity contribution in [3.63, 3.8) is 0 Å². The smallest absolute Gasteiger partial charge is 0.233 e. The first-order chi connectivity index (χ1) is 12.0. The van der Waals surface area contributed by atoms with E-state index >= 15 is 0 Å². The van der Waals surface area contributed by atoms with Gasteiger partial charge in [-0.3, -0.25) is 9.59 Å². The van der Waals surface area contributed by atoms with E-state index in [1.165, 1.54) is 0 Å². The lowest BCUT2D eigenvalue weighted by Gasteiger charge is -2.37. The first kappa shape index (κ1) is 17.6. The Morgan fingerprint density at radius 3 is 2.20 bits per heavy atom. The normalized spacial score (nSPS) is 19.8. The van der Waals surface area contributed by atoms with Gasteiger partial charge in [0.2, 0.25) is 17.7 Å². The number of likely N-dealkylation sites (tertiary alicyclic amines) is 2. The Balaban J connectivity index is 1.45. The number of nitrogens with zero attached hydrogens (tertiary/aromatic N) is 4. The van der Waals surface area contributed by atoms with Gasteiger partial charge in [-0.25, -0.2) is 0 Å². The van der Waals surface area contributed by atoms with Crippen molar-refractivity contribution in [2.24, 2.45) is 5.92 Å². The van der Waals surface area contributed by atoms with E-state index in [-0.39, 0.29) is 23.8 Å². The van der Waals surface area contributed by atoms with Crippen LogP contribution in [0.1, 0.15) is 38.3 Å². The molecule has 1 aromatic heterocycles. The minimum Gasteiger partial charge on any atom is -0.473 e. The summed E-state index contributed by atoms with van der Waals surface area (Å²) in [5.74, 6) is 0.933. The Morgan fingerprint density at radius 2 is 1.64 bits per heavy atom. The minimum atomic E-state index is 0.0519. The Hall–Kier alpha value is -2.18. The molecule has 1 aromatic rings. The van der Waals surface area contributed by atoms with Crippen molar-refractivity contribution in [1.82, 2.24) is 20.0 Å². The molecule has 2 amide bonds. The van der Waals surface area contributed by atoms with Crippen molar-refractivity contribution in [3.8, 4) is 5.88 Å². The number of aromatic nitrogens is 2. The van der Waals surface area contributed by atoms with Crippen LogP contribution in [0.15, 0.2) is 12.1 Å². The molecule has 7 heteroatoms. The summed E-state index contributed by atoms with van der Waals surface area (Å²) in [6.07, 6.45) is 3.25. The predicted octanol–water partition coefficient (Wildman–Crippen LogP) is 1.41. The van der Waals surface area contributed by atoms with Gasteiger partial charge in [-0.15, -0.1) is 5.10 Å². The maximum atomic E-state index is 12.7. The molecule has 0 N–H and O–H groups in total. The second-order valence-electron chi connectivity index (χ2n) is 6.94. The van der Waals surface area contributed by atoms with Crippen molar-refractivity contribution in [2.45, 2.75) is 45.6 Å². The standard InChI is InChI=1S/C18H26N4O3/c1-13-3-4-17(20-19-13)25-16-7-11-22(12-8-16)18(24)15-5-9-21(10-6-15)14(2)23/h3-4,15-16H,5-12H2,1-2H3. The van der Waals surface area contributed by atoms with Crippen LogP contribution in [0.5, 0.6) is 5.88 Å². The number of rotatable bonds is 3. The van der Waals surface area contributed by atoms with Gasteiger partial charge in [-0.2, -0.15) is 5.10 Å². The number of hydrogen-bond donors (Lipinski definition) is 0. The Kier molecular flexibility index (Phi) is 5.50. The van der Waals surface area contributed by atoms with Crippen LogP contribution in [0.3, 0.4) is 0 Å². The molecule has 0 radical (unpaired) electrons. The molecule has 25 heavy (non-hydrogen) atoms. The van der Waals surface area contributed by atoms with Gasteiger partial charge in [0, 0.05) is 57.9 Å². The molecule has 0 spiro atoms. The fourth-order valence-corrected chi connectivity index (χ4v) is 3.51. The monoisotopic (exact) mass is 346 g/mol. The summed E-state index contributed by atoms with van der Waals surface area (Å²) in [5.41, 5.74) is 0.864. The van der Waals surface area contributed by atoms with E-state index in [2.05, 4.69) is 10.2 Å². The summed E-state index contributed by atoms with van der Waals surface area (Å²) in [7, 11) is 0. The number of hydrogen-bond acceptors (Lipinski definition) is 5. The zero-order valence-corrected chi connectivity index (χ0v) is 15.0. The SMILES string of the molecule is CC(=O)N1CCC(C(=O)N2CCC(Oc3ccc(C)nn3)CC2)CC1. The van der Waals surface area contributed by atoms with E-state index in [9.17, 15) is 9.59 Å². The Morgan fingerprint density at radius 1 is 1.00 bits per heavy atom. The summed E-state index contributed by atoms with van der Waals surface area (Å²) in [6, 6.07) is 3.72. The maximum absolute atomic E-state index is 12.7. The zero-order chi connectivity index (χ0) is 17.8. The van der Waals surface area contributed by atoms with E-state index in [1.54, 1.807) is 6.92 Å². The fourth-order valence-electron chi connectivity index (χ4n) is 3.51. The summed E-state index contributed by atoms with van der Waals surface area (Å²) in [6.45, 7) is 6.30. The molecule has 2 fully saturated rings.